The van der Waals surface area contributed by atoms with Crippen LogP contribution in [0.4, 0.5) is 0 Å². The molecule has 7 heteroatoms. The molecular weight excluding hydrogens is 330 g/mol. The minimum Gasteiger partial charge on any atom is -0.349 e. The number of carbonyl (C=O) groups is 1. The van der Waals surface area contributed by atoms with Crippen LogP contribution in [-0.2, 0) is 6.54 Å². The van der Waals surface area contributed by atoms with E-state index in [-0.39, 0.29) is 23.1 Å². The second kappa shape index (κ2) is 8.23. The average Bonchev–Trinajstić information content (AvgIpc) is 2.88. The van der Waals surface area contributed by atoms with E-state index >= 15 is 0 Å². The highest BCUT2D eigenvalue weighted by atomic mass is 16.2. The van der Waals surface area contributed by atoms with E-state index < -0.39 is 0 Å². The van der Waals surface area contributed by atoms with E-state index in [4.69, 9.17) is 0 Å². The fourth-order valence-electron chi connectivity index (χ4n) is 3.16. The standard InChI is InChI=1S/C19H25N5O2/c1-13-6-9-24(12-16-11-21-14(2)10-22-16)19(26)17(13)18(25)23-15-4-3-7-20-8-5-15/h6,9-11,15,20H,3-5,7-8,12H2,1-2H3,(H,23,25). The van der Waals surface area contributed by atoms with Gasteiger partial charge in [-0.3, -0.25) is 19.6 Å². The van der Waals surface area contributed by atoms with Gasteiger partial charge in [0.15, 0.2) is 0 Å². The number of nitrogens with one attached hydrogen (secondary N) is 2. The first kappa shape index (κ1) is 18.3. The summed E-state index contributed by atoms with van der Waals surface area (Å²) in [5.74, 6) is -0.288. The molecular formula is C19H25N5O2. The summed E-state index contributed by atoms with van der Waals surface area (Å²) in [4.78, 5) is 34.1. The minimum absolute atomic E-state index is 0.105. The zero-order chi connectivity index (χ0) is 18.5. The van der Waals surface area contributed by atoms with E-state index in [1.807, 2.05) is 6.92 Å². The largest absolute Gasteiger partial charge is 0.349 e. The van der Waals surface area contributed by atoms with E-state index in [1.165, 1.54) is 4.57 Å². The zero-order valence-corrected chi connectivity index (χ0v) is 15.3. The van der Waals surface area contributed by atoms with Crippen molar-refractivity contribution >= 4 is 5.91 Å². The lowest BCUT2D eigenvalue weighted by Crippen LogP contribution is -2.40. The lowest BCUT2D eigenvalue weighted by Gasteiger charge is -2.17. The highest BCUT2D eigenvalue weighted by Gasteiger charge is 2.20. The molecule has 0 aromatic carbocycles. The number of aromatic nitrogens is 3. The molecule has 1 aliphatic rings. The molecule has 2 aromatic heterocycles. The Kier molecular flexibility index (Phi) is 5.78. The predicted molar refractivity (Wildman–Crippen MR) is 99.3 cm³/mol. The third kappa shape index (κ3) is 4.35. The molecule has 0 spiro atoms. The smallest absolute Gasteiger partial charge is 0.264 e. The van der Waals surface area contributed by atoms with Gasteiger partial charge < -0.3 is 15.2 Å². The van der Waals surface area contributed by atoms with Crippen molar-refractivity contribution in [3.63, 3.8) is 0 Å². The summed E-state index contributed by atoms with van der Waals surface area (Å²) in [7, 11) is 0. The Balaban J connectivity index is 1.81. The van der Waals surface area contributed by atoms with Gasteiger partial charge in [0.2, 0.25) is 0 Å². The number of hydrogen-bond acceptors (Lipinski definition) is 5. The van der Waals surface area contributed by atoms with Crippen molar-refractivity contribution in [3.05, 3.63) is 57.5 Å². The van der Waals surface area contributed by atoms with Gasteiger partial charge in [-0.2, -0.15) is 0 Å². The van der Waals surface area contributed by atoms with Crippen molar-refractivity contribution in [1.82, 2.24) is 25.2 Å². The van der Waals surface area contributed by atoms with Crippen LogP contribution in [0.5, 0.6) is 0 Å². The van der Waals surface area contributed by atoms with Gasteiger partial charge >= 0.3 is 0 Å². The zero-order valence-electron chi connectivity index (χ0n) is 15.3. The highest BCUT2D eigenvalue weighted by molar-refractivity contribution is 5.95. The number of nitrogens with zero attached hydrogens (tertiary/aromatic N) is 3. The first-order chi connectivity index (χ1) is 12.5. The van der Waals surface area contributed by atoms with Crippen molar-refractivity contribution in [2.45, 2.75) is 45.7 Å². The Hall–Kier alpha value is -2.54. The summed E-state index contributed by atoms with van der Waals surface area (Å²) in [5.41, 5.74) is 2.11. The van der Waals surface area contributed by atoms with Gasteiger partial charge in [0, 0.05) is 18.4 Å². The third-order valence-corrected chi connectivity index (χ3v) is 4.68. The molecule has 26 heavy (non-hydrogen) atoms. The van der Waals surface area contributed by atoms with Crippen LogP contribution in [0.25, 0.3) is 0 Å². The molecule has 1 fully saturated rings. The molecule has 3 rings (SSSR count). The van der Waals surface area contributed by atoms with Gasteiger partial charge in [0.25, 0.3) is 11.5 Å². The number of hydrogen-bond donors (Lipinski definition) is 2. The number of carbonyl (C=O) groups excluding carboxylic acids is 1. The van der Waals surface area contributed by atoms with E-state index in [0.29, 0.717) is 17.8 Å². The number of rotatable bonds is 4. The first-order valence-corrected chi connectivity index (χ1v) is 9.04. The molecule has 1 atom stereocenters. The van der Waals surface area contributed by atoms with E-state index in [2.05, 4.69) is 20.6 Å². The summed E-state index contributed by atoms with van der Waals surface area (Å²) in [6, 6.07) is 1.90. The van der Waals surface area contributed by atoms with Crippen molar-refractivity contribution in [2.24, 2.45) is 0 Å². The topological polar surface area (TPSA) is 88.9 Å². The van der Waals surface area contributed by atoms with Gasteiger partial charge in [0.1, 0.15) is 5.56 Å². The Morgan fingerprint density at radius 1 is 1.27 bits per heavy atom. The Morgan fingerprint density at radius 3 is 2.88 bits per heavy atom. The normalized spacial score (nSPS) is 17.5. The molecule has 138 valence electrons. The summed E-state index contributed by atoms with van der Waals surface area (Å²) in [6.45, 7) is 5.80. The molecule has 0 radical (unpaired) electrons. The molecule has 0 bridgehead atoms. The first-order valence-electron chi connectivity index (χ1n) is 9.04. The van der Waals surface area contributed by atoms with Crippen LogP contribution in [0.15, 0.2) is 29.5 Å². The maximum atomic E-state index is 12.9. The molecule has 0 saturated carbocycles. The molecule has 1 aliphatic heterocycles. The van der Waals surface area contributed by atoms with Crippen LogP contribution in [0, 0.1) is 13.8 Å². The Labute approximate surface area is 152 Å². The lowest BCUT2D eigenvalue weighted by molar-refractivity contribution is 0.0931. The fraction of sp³-hybridized carbons (Fsp3) is 0.474. The SMILES string of the molecule is Cc1cnc(Cn2ccc(C)c(C(=O)NC3CCCNCC3)c2=O)cn1. The van der Waals surface area contributed by atoms with Crippen LogP contribution in [0.2, 0.25) is 0 Å². The molecule has 2 aromatic rings. The number of amides is 1. The maximum absolute atomic E-state index is 12.9. The average molecular weight is 355 g/mol. The van der Waals surface area contributed by atoms with Gasteiger partial charge in [-0.15, -0.1) is 0 Å². The fourth-order valence-corrected chi connectivity index (χ4v) is 3.16. The number of aryl methyl sites for hydroxylation is 2. The van der Waals surface area contributed by atoms with Crippen molar-refractivity contribution in [2.75, 3.05) is 13.1 Å². The second-order valence-electron chi connectivity index (χ2n) is 6.81. The Morgan fingerprint density at radius 2 is 2.12 bits per heavy atom. The molecule has 1 amide bonds. The minimum atomic E-state index is -0.295. The summed E-state index contributed by atoms with van der Waals surface area (Å²) in [6.07, 6.45) is 7.85. The van der Waals surface area contributed by atoms with Gasteiger partial charge in [-0.25, -0.2) is 0 Å². The quantitative estimate of drug-likeness (QED) is 0.860. The Bertz CT molecular complexity index is 821. The molecule has 0 aliphatic carbocycles. The maximum Gasteiger partial charge on any atom is 0.264 e. The molecule has 2 N–H and O–H groups in total. The van der Waals surface area contributed by atoms with Crippen molar-refractivity contribution in [3.8, 4) is 0 Å². The van der Waals surface area contributed by atoms with Crippen LogP contribution < -0.4 is 16.2 Å². The highest BCUT2D eigenvalue weighted by Crippen LogP contribution is 2.08. The van der Waals surface area contributed by atoms with E-state index in [1.54, 1.807) is 31.6 Å². The monoisotopic (exact) mass is 355 g/mol. The van der Waals surface area contributed by atoms with Crippen LogP contribution in [0.3, 0.4) is 0 Å². The van der Waals surface area contributed by atoms with Gasteiger partial charge in [-0.05, 0) is 57.8 Å². The van der Waals surface area contributed by atoms with Crippen molar-refractivity contribution in [1.29, 1.82) is 0 Å². The molecule has 3 heterocycles. The molecule has 1 saturated heterocycles. The summed E-state index contributed by atoms with van der Waals surface area (Å²) in [5, 5.41) is 6.36. The summed E-state index contributed by atoms with van der Waals surface area (Å²) >= 11 is 0. The van der Waals surface area contributed by atoms with Gasteiger partial charge in [-0.1, -0.05) is 0 Å². The van der Waals surface area contributed by atoms with Crippen LogP contribution in [-0.4, -0.2) is 39.6 Å². The van der Waals surface area contributed by atoms with E-state index in [9.17, 15) is 9.59 Å². The van der Waals surface area contributed by atoms with Gasteiger partial charge in [0.05, 0.1) is 24.1 Å². The second-order valence-corrected chi connectivity index (χ2v) is 6.81. The predicted octanol–water partition coefficient (Wildman–Crippen LogP) is 1.18. The third-order valence-electron chi connectivity index (χ3n) is 4.68. The van der Waals surface area contributed by atoms with E-state index in [0.717, 1.165) is 38.0 Å². The summed E-state index contributed by atoms with van der Waals surface area (Å²) < 4.78 is 1.51. The lowest BCUT2D eigenvalue weighted by atomic mass is 10.1. The number of pyridine rings is 1. The van der Waals surface area contributed by atoms with Crippen LogP contribution in [0.1, 0.15) is 46.6 Å². The van der Waals surface area contributed by atoms with Crippen molar-refractivity contribution < 1.29 is 4.79 Å². The molecule has 7 nitrogen and oxygen atoms in total. The van der Waals surface area contributed by atoms with Crippen LogP contribution >= 0.6 is 0 Å². The molecule has 1 unspecified atom stereocenters.